The summed E-state index contributed by atoms with van der Waals surface area (Å²) in [6.45, 7) is 1.93. The zero-order valence-electron chi connectivity index (χ0n) is 17.2. The second kappa shape index (κ2) is 10.0. The van der Waals surface area contributed by atoms with Gasteiger partial charge in [-0.15, -0.1) is 0 Å². The highest BCUT2D eigenvalue weighted by Gasteiger charge is 2.22. The number of amides is 1. The molecule has 166 valence electrons. The predicted molar refractivity (Wildman–Crippen MR) is 116 cm³/mol. The first-order chi connectivity index (χ1) is 14.8. The maximum absolute atomic E-state index is 12.9. The van der Waals surface area contributed by atoms with Gasteiger partial charge in [-0.25, -0.2) is 18.2 Å². The van der Waals surface area contributed by atoms with Gasteiger partial charge in [0.15, 0.2) is 20.7 Å². The van der Waals surface area contributed by atoms with E-state index in [1.807, 2.05) is 0 Å². The van der Waals surface area contributed by atoms with E-state index in [0.29, 0.717) is 5.56 Å². The highest BCUT2D eigenvalue weighted by molar-refractivity contribution is 7.90. The van der Waals surface area contributed by atoms with Crippen LogP contribution in [0.2, 0.25) is 0 Å². The van der Waals surface area contributed by atoms with E-state index in [-0.39, 0.29) is 33.3 Å². The van der Waals surface area contributed by atoms with Crippen molar-refractivity contribution in [2.45, 2.75) is 43.6 Å². The first-order valence-electron chi connectivity index (χ1n) is 9.76. The van der Waals surface area contributed by atoms with Gasteiger partial charge in [-0.3, -0.25) is 10.1 Å². The summed E-state index contributed by atoms with van der Waals surface area (Å²) < 4.78 is 28.4. The van der Waals surface area contributed by atoms with E-state index in [4.69, 9.17) is 9.57 Å². The largest absolute Gasteiger partial charge is 0.462 e. The fourth-order valence-electron chi connectivity index (χ4n) is 2.99. The lowest BCUT2D eigenvalue weighted by atomic mass is 10.1. The minimum absolute atomic E-state index is 0.0140. The Morgan fingerprint density at radius 3 is 2.52 bits per heavy atom. The van der Waals surface area contributed by atoms with Crippen LogP contribution in [0.3, 0.4) is 0 Å². The molecule has 1 saturated carbocycles. The normalized spacial score (nSPS) is 15.0. The third-order valence-electron chi connectivity index (χ3n) is 4.57. The van der Waals surface area contributed by atoms with Crippen molar-refractivity contribution in [3.05, 3.63) is 40.9 Å². The Labute approximate surface area is 184 Å². The van der Waals surface area contributed by atoms with Crippen LogP contribution in [-0.2, 0) is 24.2 Å². The summed E-state index contributed by atoms with van der Waals surface area (Å²) in [6.07, 6.45) is 6.18. The molecule has 1 aliphatic rings. The average Bonchev–Trinajstić information content (AvgIpc) is 3.40. The second-order valence-corrected chi connectivity index (χ2v) is 10.00. The number of aromatic nitrogens is 1. The number of esters is 1. The van der Waals surface area contributed by atoms with Gasteiger partial charge in [0.25, 0.3) is 5.91 Å². The van der Waals surface area contributed by atoms with Crippen LogP contribution in [0.4, 0.5) is 5.13 Å². The van der Waals surface area contributed by atoms with E-state index >= 15 is 0 Å². The Morgan fingerprint density at radius 2 is 1.90 bits per heavy atom. The molecule has 0 spiro atoms. The van der Waals surface area contributed by atoms with E-state index in [2.05, 4.69) is 15.5 Å². The fourth-order valence-corrected chi connectivity index (χ4v) is 4.33. The van der Waals surface area contributed by atoms with Gasteiger partial charge in [-0.1, -0.05) is 28.6 Å². The molecule has 0 unspecified atom stereocenters. The molecular formula is C20H23N3O6S2. The number of carbonyl (C=O) groups is 2. The number of hydrogen-bond donors (Lipinski definition) is 1. The van der Waals surface area contributed by atoms with Gasteiger partial charge in [0, 0.05) is 11.8 Å². The number of thiazole rings is 1. The van der Waals surface area contributed by atoms with E-state index in [0.717, 1.165) is 43.3 Å². The Bertz CT molecular complexity index is 1070. The molecular weight excluding hydrogens is 442 g/mol. The Hall–Kier alpha value is -2.79. The van der Waals surface area contributed by atoms with Crippen molar-refractivity contribution in [3.63, 3.8) is 0 Å². The van der Waals surface area contributed by atoms with Gasteiger partial charge in [-0.05, 0) is 44.7 Å². The highest BCUT2D eigenvalue weighted by atomic mass is 32.2. The van der Waals surface area contributed by atoms with Crippen LogP contribution in [0.5, 0.6) is 0 Å². The summed E-state index contributed by atoms with van der Waals surface area (Å²) in [6, 6.07) is 5.81. The minimum atomic E-state index is -3.37. The smallest absolute Gasteiger partial charge is 0.350 e. The van der Waals surface area contributed by atoms with E-state index < -0.39 is 21.7 Å². The molecule has 0 saturated heterocycles. The molecule has 1 amide bonds. The van der Waals surface area contributed by atoms with Gasteiger partial charge >= 0.3 is 5.97 Å². The van der Waals surface area contributed by atoms with E-state index in [1.165, 1.54) is 30.5 Å². The number of sulfone groups is 1. The molecule has 0 radical (unpaired) electrons. The molecule has 1 N–H and O–H groups in total. The van der Waals surface area contributed by atoms with Crippen molar-refractivity contribution in [3.8, 4) is 0 Å². The summed E-state index contributed by atoms with van der Waals surface area (Å²) in [5, 5.41) is 6.89. The Balaban J connectivity index is 1.82. The molecule has 0 aliphatic heterocycles. The molecule has 31 heavy (non-hydrogen) atoms. The van der Waals surface area contributed by atoms with Crippen LogP contribution >= 0.6 is 11.3 Å². The van der Waals surface area contributed by atoms with E-state index in [1.54, 1.807) is 6.92 Å². The van der Waals surface area contributed by atoms with Crippen LogP contribution in [-0.4, -0.2) is 50.0 Å². The number of rotatable bonds is 8. The third-order valence-corrected chi connectivity index (χ3v) is 6.59. The van der Waals surface area contributed by atoms with E-state index in [9.17, 15) is 18.0 Å². The predicted octanol–water partition coefficient (Wildman–Crippen LogP) is 3.03. The quantitative estimate of drug-likeness (QED) is 0.361. The number of ether oxygens (including phenoxy) is 1. The molecule has 1 aliphatic carbocycles. The lowest BCUT2D eigenvalue weighted by molar-refractivity contribution is -0.110. The maximum Gasteiger partial charge on any atom is 0.350 e. The SMILES string of the molecule is CCOC(=O)c1cnc(NC(=O)/C(=N/OC2CCCC2)c2ccc(S(C)(=O)=O)cc2)s1. The number of benzene rings is 1. The standard InChI is InChI=1S/C20H23N3O6S2/c1-3-28-19(25)16-12-21-20(30-16)22-18(24)17(23-29-14-6-4-5-7-14)13-8-10-15(11-9-13)31(2,26)27/h8-12,14H,3-7H2,1-2H3,(H,21,22,24)/b23-17+. The minimum Gasteiger partial charge on any atom is -0.462 e. The van der Waals surface area contributed by atoms with Crippen LogP contribution in [0.15, 0.2) is 40.5 Å². The first-order valence-corrected chi connectivity index (χ1v) is 12.5. The van der Waals surface area contributed by atoms with Gasteiger partial charge in [0.2, 0.25) is 0 Å². The molecule has 1 fully saturated rings. The van der Waals surface area contributed by atoms with Gasteiger partial charge < -0.3 is 9.57 Å². The summed E-state index contributed by atoms with van der Waals surface area (Å²) in [4.78, 5) is 34.7. The lowest BCUT2D eigenvalue weighted by Crippen LogP contribution is -2.25. The van der Waals surface area contributed by atoms with Crippen LogP contribution in [0.25, 0.3) is 0 Å². The molecule has 0 bridgehead atoms. The van der Waals surface area contributed by atoms with Gasteiger partial charge in [0.1, 0.15) is 11.0 Å². The zero-order chi connectivity index (χ0) is 22.4. The van der Waals surface area contributed by atoms with Crippen molar-refractivity contribution in [1.82, 2.24) is 4.98 Å². The summed E-state index contributed by atoms with van der Waals surface area (Å²) in [7, 11) is -3.37. The van der Waals surface area contributed by atoms with Crippen molar-refractivity contribution < 1.29 is 27.6 Å². The summed E-state index contributed by atoms with van der Waals surface area (Å²) in [5.41, 5.74) is 0.380. The second-order valence-electron chi connectivity index (χ2n) is 6.95. The van der Waals surface area contributed by atoms with Crippen LogP contribution in [0, 0.1) is 0 Å². The topological polar surface area (TPSA) is 124 Å². The molecule has 11 heteroatoms. The Kier molecular flexibility index (Phi) is 7.39. The number of oxime groups is 1. The molecule has 0 atom stereocenters. The number of nitrogens with zero attached hydrogens (tertiary/aromatic N) is 2. The number of anilines is 1. The van der Waals surface area contributed by atoms with Gasteiger partial charge in [0.05, 0.1) is 17.7 Å². The Morgan fingerprint density at radius 1 is 1.23 bits per heavy atom. The zero-order valence-corrected chi connectivity index (χ0v) is 18.8. The first kappa shape index (κ1) is 22.9. The van der Waals surface area contributed by atoms with Crippen molar-refractivity contribution in [2.24, 2.45) is 5.16 Å². The van der Waals surface area contributed by atoms with Crippen molar-refractivity contribution >= 4 is 43.9 Å². The molecule has 9 nitrogen and oxygen atoms in total. The van der Waals surface area contributed by atoms with Crippen LogP contribution in [0.1, 0.15) is 47.8 Å². The van der Waals surface area contributed by atoms with Gasteiger partial charge in [-0.2, -0.15) is 0 Å². The monoisotopic (exact) mass is 465 g/mol. The fraction of sp³-hybridized carbons (Fsp3) is 0.400. The molecule has 3 rings (SSSR count). The maximum atomic E-state index is 12.9. The van der Waals surface area contributed by atoms with Crippen molar-refractivity contribution in [2.75, 3.05) is 18.2 Å². The number of hydrogen-bond acceptors (Lipinski definition) is 9. The third kappa shape index (κ3) is 6.11. The lowest BCUT2D eigenvalue weighted by Gasteiger charge is -2.10. The van der Waals surface area contributed by atoms with Crippen LogP contribution < -0.4 is 5.32 Å². The average molecular weight is 466 g/mol. The molecule has 2 aromatic rings. The van der Waals surface area contributed by atoms with Crippen molar-refractivity contribution in [1.29, 1.82) is 0 Å². The summed E-state index contributed by atoms with van der Waals surface area (Å²) in [5.74, 6) is -1.11. The molecule has 1 heterocycles. The molecule has 1 aromatic heterocycles. The number of nitrogens with one attached hydrogen (secondary N) is 1. The highest BCUT2D eigenvalue weighted by Crippen LogP contribution is 2.23. The summed E-state index contributed by atoms with van der Waals surface area (Å²) >= 11 is 0.978. The molecule has 1 aromatic carbocycles. The number of carbonyl (C=O) groups excluding carboxylic acids is 2.